The highest BCUT2D eigenvalue weighted by atomic mass is 31.2. The van der Waals surface area contributed by atoms with Crippen molar-refractivity contribution in [2.75, 3.05) is 31.1 Å². The van der Waals surface area contributed by atoms with Crippen LogP contribution in [0.5, 0.6) is 0 Å². The predicted molar refractivity (Wildman–Crippen MR) is 430 cm³/mol. The number of amides is 3. The molecule has 0 atom stereocenters. The molecule has 6 aromatic carbocycles. The lowest BCUT2D eigenvalue weighted by Crippen LogP contribution is -2.38. The van der Waals surface area contributed by atoms with Crippen molar-refractivity contribution in [1.82, 2.24) is 73.5 Å². The van der Waals surface area contributed by atoms with Gasteiger partial charge in [0.2, 0.25) is 17.8 Å². The van der Waals surface area contributed by atoms with E-state index in [-0.39, 0.29) is 67.2 Å². The van der Waals surface area contributed by atoms with Crippen molar-refractivity contribution in [3.8, 4) is 50.8 Å². The summed E-state index contributed by atoms with van der Waals surface area (Å²) in [6.45, 7) is 9.26. The average Bonchev–Trinajstić information content (AvgIpc) is 0.937. The van der Waals surface area contributed by atoms with Gasteiger partial charge in [-0.2, -0.15) is 68.6 Å². The second-order valence-electron chi connectivity index (χ2n) is 27.5. The van der Waals surface area contributed by atoms with Crippen molar-refractivity contribution in [1.29, 1.82) is 0 Å². The molecule has 0 aliphatic carbocycles. The smallest absolute Gasteiger partial charge is 0.324 e. The molecule has 0 saturated carbocycles. The first kappa shape index (κ1) is 82.0. The van der Waals surface area contributed by atoms with Gasteiger partial charge in [-0.15, -0.1) is 0 Å². The van der Waals surface area contributed by atoms with Crippen molar-refractivity contribution in [3.05, 3.63) is 324 Å². The van der Waals surface area contributed by atoms with Crippen LogP contribution >= 0.6 is 7.82 Å². The quantitative estimate of drug-likeness (QED) is 0.0287. The Kier molecular flexibility index (Phi) is 22.7. The van der Waals surface area contributed by atoms with Crippen molar-refractivity contribution in [3.63, 3.8) is 0 Å². The lowest BCUT2D eigenvalue weighted by atomic mass is 10.1. The Morgan fingerprint density at radius 3 is 0.893 bits per heavy atom. The molecule has 0 unspecified atom stereocenters. The van der Waals surface area contributed by atoms with E-state index in [1.807, 2.05) is 0 Å². The van der Waals surface area contributed by atoms with Gasteiger partial charge in [0, 0.05) is 142 Å². The standard InChI is InChI=1S/C84H63F9N21O7P/c1-49-13-16-55(28-73(49)106-79-97-25-19-70(103-79)58-10-7-22-94-40-58)76(115)112(67-34-61(82(85,86)87)31-64(37-67)109-43-52(4)100-46-109)119-122(118,120-113(68-35-62(83(88,89)90)32-65(38-68)110-44-53(5)101-47-110)77(116)56-17-14-50(2)74(29-56)107-80-98-26-20-71(104-80)59-11-8-23-95-41-59)121-114(69-36-63(84(91,92)93)33-66(39-69)111-45-54(6)102-48-111)78(117)57-18-15-51(3)75(30-57)108-81-99-27-21-72(105-81)60-12-9-24-96-42-60/h7-48H,1-6H3,(H,97,103,106)(H,98,104,107)(H,99,105,108). The summed E-state index contributed by atoms with van der Waals surface area (Å²) < 4.78 is 184. The van der Waals surface area contributed by atoms with E-state index in [4.69, 9.17) is 13.9 Å². The highest BCUT2D eigenvalue weighted by molar-refractivity contribution is 7.48. The highest BCUT2D eigenvalue weighted by Crippen LogP contribution is 2.56. The highest BCUT2D eigenvalue weighted by Gasteiger charge is 2.46. The van der Waals surface area contributed by atoms with E-state index in [9.17, 15) is 0 Å². The zero-order valence-electron chi connectivity index (χ0n) is 64.5. The molecule has 0 aliphatic rings. The summed E-state index contributed by atoms with van der Waals surface area (Å²) in [4.78, 5) is 101. The van der Waals surface area contributed by atoms with Crippen LogP contribution in [0.1, 0.15) is 81.5 Å². The summed E-state index contributed by atoms with van der Waals surface area (Å²) >= 11 is 0. The predicted octanol–water partition coefficient (Wildman–Crippen LogP) is 19.2. The van der Waals surface area contributed by atoms with Crippen molar-refractivity contribution in [2.45, 2.75) is 60.1 Å². The van der Waals surface area contributed by atoms with E-state index in [1.54, 1.807) is 94.0 Å². The topological polar surface area (TPSA) is 311 Å². The molecule has 0 aliphatic heterocycles. The number of hydrogen-bond donors (Lipinski definition) is 3. The maximum Gasteiger partial charge on any atom is 0.541 e. The van der Waals surface area contributed by atoms with Crippen LogP contribution in [-0.2, 0) is 37.0 Å². The van der Waals surface area contributed by atoms with Gasteiger partial charge in [-0.3, -0.25) is 29.3 Å². The Hall–Kier alpha value is -15.1. The zero-order chi connectivity index (χ0) is 85.9. The minimum Gasteiger partial charge on any atom is -0.324 e. The van der Waals surface area contributed by atoms with E-state index < -0.39 is 112 Å². The summed E-state index contributed by atoms with van der Waals surface area (Å²) in [5.41, 5.74) is -6.10. The third-order valence-electron chi connectivity index (χ3n) is 18.6. The molecule has 38 heteroatoms. The van der Waals surface area contributed by atoms with Crippen LogP contribution in [0.15, 0.2) is 257 Å². The molecule has 15 aromatic rings. The Labute approximate surface area is 686 Å². The number of phosphoric acid groups is 1. The van der Waals surface area contributed by atoms with Gasteiger partial charge in [0.15, 0.2) is 0 Å². The van der Waals surface area contributed by atoms with Crippen LogP contribution in [0.3, 0.4) is 0 Å². The Morgan fingerprint density at radius 1 is 0.361 bits per heavy atom. The van der Waals surface area contributed by atoms with E-state index in [1.165, 1.54) is 94.7 Å². The fraction of sp³-hybridized carbons (Fsp3) is 0.107. The van der Waals surface area contributed by atoms with Gasteiger partial charge in [-0.25, -0.2) is 49.4 Å². The van der Waals surface area contributed by atoms with Gasteiger partial charge < -0.3 is 29.7 Å². The molecule has 0 bridgehead atoms. The second-order valence-corrected chi connectivity index (χ2v) is 28.8. The first-order valence-corrected chi connectivity index (χ1v) is 38.0. The number of benzene rings is 6. The first-order chi connectivity index (χ1) is 58.3. The lowest BCUT2D eigenvalue weighted by Gasteiger charge is -2.33. The second kappa shape index (κ2) is 33.7. The van der Waals surface area contributed by atoms with Gasteiger partial charge in [0.05, 0.1) is 86.9 Å². The number of nitrogens with one attached hydrogen (secondary N) is 3. The van der Waals surface area contributed by atoms with Crippen LogP contribution in [0.25, 0.3) is 50.8 Å². The fourth-order valence-corrected chi connectivity index (χ4v) is 13.6. The Balaban J connectivity index is 0.974. The zero-order valence-corrected chi connectivity index (χ0v) is 65.4. The van der Waals surface area contributed by atoms with Crippen LogP contribution in [-0.4, -0.2) is 91.2 Å². The normalized spacial score (nSPS) is 11.8. The van der Waals surface area contributed by atoms with E-state index in [0.29, 0.717) is 86.9 Å². The van der Waals surface area contributed by atoms with Crippen molar-refractivity contribution < 1.29 is 72.3 Å². The molecule has 3 amide bonds. The number of carbonyl (C=O) groups is 3. The summed E-state index contributed by atoms with van der Waals surface area (Å²) in [7, 11) is -7.06. The van der Waals surface area contributed by atoms with Gasteiger partial charge >= 0.3 is 26.4 Å². The van der Waals surface area contributed by atoms with E-state index in [0.717, 1.165) is 87.3 Å². The number of anilines is 9. The van der Waals surface area contributed by atoms with Crippen molar-refractivity contribution >= 4 is 77.5 Å². The molecular weight excluding hydrogens is 1620 g/mol. The molecule has 122 heavy (non-hydrogen) atoms. The lowest BCUT2D eigenvalue weighted by molar-refractivity contribution is -0.138. The minimum absolute atomic E-state index is 0.0308. The molecule has 0 spiro atoms. The molecule has 0 radical (unpaired) electrons. The molecule has 0 saturated heterocycles. The van der Waals surface area contributed by atoms with Crippen LogP contribution in [0.4, 0.5) is 91.5 Å². The van der Waals surface area contributed by atoms with Crippen LogP contribution in [0, 0.1) is 41.5 Å². The number of halogens is 9. The number of carbonyl (C=O) groups excluding carboxylic acids is 3. The Morgan fingerprint density at radius 2 is 0.648 bits per heavy atom. The van der Waals surface area contributed by atoms with E-state index >= 15 is 58.5 Å². The largest absolute Gasteiger partial charge is 0.541 e. The number of imidazole rings is 3. The van der Waals surface area contributed by atoms with Crippen LogP contribution in [0.2, 0.25) is 0 Å². The van der Waals surface area contributed by atoms with Gasteiger partial charge in [0.1, 0.15) is 0 Å². The van der Waals surface area contributed by atoms with Gasteiger partial charge in [-0.1, -0.05) is 18.2 Å². The van der Waals surface area contributed by atoms with Gasteiger partial charge in [0.25, 0.3) is 17.7 Å². The molecule has 9 heterocycles. The number of hydroxylamine groups is 3. The minimum atomic E-state index is -7.06. The molecule has 3 N–H and O–H groups in total. The molecule has 614 valence electrons. The molecule has 9 aromatic heterocycles. The monoisotopic (exact) mass is 1680 g/mol. The maximum atomic E-state index is 18.0. The summed E-state index contributed by atoms with van der Waals surface area (Å²) in [5.74, 6) is -5.08. The number of pyridine rings is 3. The number of hydrogen-bond acceptors (Lipinski definition) is 22. The number of aryl methyl sites for hydroxylation is 6. The summed E-state index contributed by atoms with van der Waals surface area (Å²) in [6.07, 6.45) is 4.55. The van der Waals surface area contributed by atoms with Gasteiger partial charge in [-0.05, 0) is 204 Å². The number of nitrogens with zero attached hydrogens (tertiary/aromatic N) is 18. The Bertz CT molecular complexity index is 5910. The number of aromatic nitrogens is 15. The maximum absolute atomic E-state index is 18.0. The average molecular weight is 1680 g/mol. The fourth-order valence-electron chi connectivity index (χ4n) is 12.4. The summed E-state index contributed by atoms with van der Waals surface area (Å²) in [5, 5.41) is 8.93. The molecule has 15 rings (SSSR count). The summed E-state index contributed by atoms with van der Waals surface area (Å²) in [6, 6.07) is 31.5. The van der Waals surface area contributed by atoms with E-state index in [2.05, 4.69) is 75.8 Å². The van der Waals surface area contributed by atoms with Crippen LogP contribution < -0.4 is 31.1 Å². The molecular formula is C84H63F9N21O7P. The third kappa shape index (κ3) is 18.7. The SMILES string of the molecule is Cc1cn(-c2cc(N(OP(=O)(ON(C(=O)c3ccc(C)c(Nc4nccc(-c5cccnc5)n4)c3)c3cc(-n4cnc(C)c4)cc(C(F)(F)F)c3)ON(C(=O)c3ccc(C)c(Nc4nccc(-c5cccnc5)n4)c3)c3cc(-n4cnc(C)c4)cc(C(F)(F)F)c3)C(=O)c3ccc(C)c(Nc4nccc(-c5cccnc5)n4)c3)cc(C(F)(F)F)c2)cn1. The van der Waals surface area contributed by atoms with Crippen molar-refractivity contribution in [2.24, 2.45) is 0 Å². The number of alkyl halides is 9. The number of rotatable bonds is 24. The third-order valence-corrected chi connectivity index (χ3v) is 19.6. The molecule has 28 nitrogen and oxygen atoms in total. The first-order valence-electron chi connectivity index (χ1n) is 36.6. The molecule has 0 fully saturated rings.